The molecule has 2 amide bonds. The van der Waals surface area contributed by atoms with Gasteiger partial charge in [0.2, 0.25) is 0 Å². The number of carboxylic acid groups (broad SMARTS) is 1. The van der Waals surface area contributed by atoms with Crippen LogP contribution in [0.5, 0.6) is 0 Å². The zero-order chi connectivity index (χ0) is 16.3. The Hall–Kier alpha value is -1.34. The number of aliphatic carboxylic acids is 1. The Kier molecular flexibility index (Phi) is 10.6. The van der Waals surface area contributed by atoms with E-state index in [9.17, 15) is 9.59 Å². The van der Waals surface area contributed by atoms with Crippen molar-refractivity contribution in [1.29, 1.82) is 0 Å². The van der Waals surface area contributed by atoms with Crippen molar-refractivity contribution in [3.8, 4) is 0 Å². The van der Waals surface area contributed by atoms with Crippen LogP contribution in [-0.2, 0) is 9.53 Å². The Morgan fingerprint density at radius 1 is 1.29 bits per heavy atom. The van der Waals surface area contributed by atoms with Crippen LogP contribution in [0.25, 0.3) is 0 Å². The van der Waals surface area contributed by atoms with Gasteiger partial charge in [-0.2, -0.15) is 0 Å². The minimum atomic E-state index is -1.03. The molecule has 0 rings (SSSR count). The first-order valence-corrected chi connectivity index (χ1v) is 7.34. The molecule has 0 heterocycles. The van der Waals surface area contributed by atoms with Crippen LogP contribution in [0, 0.1) is 0 Å². The lowest BCUT2D eigenvalue weighted by Crippen LogP contribution is -2.46. The molecule has 0 aromatic rings. The number of carbonyl (C=O) groups excluding carboxylic acids is 1. The van der Waals surface area contributed by atoms with Crippen molar-refractivity contribution in [1.82, 2.24) is 15.5 Å². The summed E-state index contributed by atoms with van der Waals surface area (Å²) in [6.07, 6.45) is 1.77. The molecule has 0 radical (unpaired) electrons. The summed E-state index contributed by atoms with van der Waals surface area (Å²) < 4.78 is 4.87. The summed E-state index contributed by atoms with van der Waals surface area (Å²) in [5, 5.41) is 14.2. The minimum absolute atomic E-state index is 0.354. The Morgan fingerprint density at radius 3 is 2.48 bits per heavy atom. The number of methoxy groups -OCH3 is 1. The quantitative estimate of drug-likeness (QED) is 0.493. The first-order valence-electron chi connectivity index (χ1n) is 7.34. The van der Waals surface area contributed by atoms with Crippen LogP contribution < -0.4 is 10.6 Å². The van der Waals surface area contributed by atoms with Crippen molar-refractivity contribution in [2.45, 2.75) is 45.2 Å². The van der Waals surface area contributed by atoms with Crippen LogP contribution in [0.15, 0.2) is 0 Å². The molecule has 0 saturated carbocycles. The van der Waals surface area contributed by atoms with Gasteiger partial charge in [0.1, 0.15) is 6.04 Å². The summed E-state index contributed by atoms with van der Waals surface area (Å²) in [6.45, 7) is 6.10. The van der Waals surface area contributed by atoms with E-state index in [0.29, 0.717) is 32.0 Å². The highest BCUT2D eigenvalue weighted by molar-refractivity contribution is 5.82. The highest BCUT2D eigenvalue weighted by atomic mass is 16.5. The Morgan fingerprint density at radius 2 is 1.95 bits per heavy atom. The molecule has 21 heavy (non-hydrogen) atoms. The molecular weight excluding hydrogens is 274 g/mol. The summed E-state index contributed by atoms with van der Waals surface area (Å²) in [6, 6.07) is -0.846. The molecule has 0 fully saturated rings. The molecule has 0 aliphatic heterocycles. The summed E-state index contributed by atoms with van der Waals surface area (Å²) in [7, 11) is 3.59. The summed E-state index contributed by atoms with van der Waals surface area (Å²) in [5.74, 6) is -1.03. The fraction of sp³-hybridized carbons (Fsp3) is 0.857. The van der Waals surface area contributed by atoms with E-state index in [0.717, 1.165) is 13.0 Å². The first-order chi connectivity index (χ1) is 9.88. The van der Waals surface area contributed by atoms with Crippen molar-refractivity contribution < 1.29 is 19.4 Å². The molecule has 7 nitrogen and oxygen atoms in total. The van der Waals surface area contributed by atoms with Crippen molar-refractivity contribution in [3.05, 3.63) is 0 Å². The molecule has 7 heteroatoms. The second-order valence-corrected chi connectivity index (χ2v) is 5.35. The van der Waals surface area contributed by atoms with Crippen LogP contribution in [0.1, 0.15) is 33.1 Å². The fourth-order valence-corrected chi connectivity index (χ4v) is 1.69. The normalized spacial score (nSPS) is 12.5. The Balaban J connectivity index is 3.90. The van der Waals surface area contributed by atoms with Crippen molar-refractivity contribution in [3.63, 3.8) is 0 Å². The van der Waals surface area contributed by atoms with E-state index in [1.54, 1.807) is 7.11 Å². The van der Waals surface area contributed by atoms with E-state index >= 15 is 0 Å². The van der Waals surface area contributed by atoms with E-state index in [1.807, 2.05) is 7.05 Å². The molecule has 124 valence electrons. The number of ether oxygens (including phenoxy) is 1. The maximum absolute atomic E-state index is 11.6. The lowest BCUT2D eigenvalue weighted by Gasteiger charge is -2.21. The number of rotatable bonds is 11. The molecule has 0 saturated heterocycles. The van der Waals surface area contributed by atoms with Gasteiger partial charge in [0, 0.05) is 26.3 Å². The van der Waals surface area contributed by atoms with E-state index in [-0.39, 0.29) is 0 Å². The van der Waals surface area contributed by atoms with Gasteiger partial charge in [0.05, 0.1) is 0 Å². The predicted octanol–water partition coefficient (Wildman–Crippen LogP) is 0.896. The van der Waals surface area contributed by atoms with Gasteiger partial charge < -0.3 is 25.4 Å². The number of nitrogens with one attached hydrogen (secondary N) is 2. The second-order valence-electron chi connectivity index (χ2n) is 5.35. The molecule has 0 bridgehead atoms. The average Bonchev–Trinajstić information content (AvgIpc) is 2.42. The standard InChI is InChI=1S/C14H29N3O4/c1-11(2)17(3)9-6-8-15-14(20)16-12(13(18)19)7-5-10-21-4/h11-12H,5-10H2,1-4H3,(H,18,19)(H2,15,16,20). The van der Waals surface area contributed by atoms with Crippen LogP contribution in [0.4, 0.5) is 4.79 Å². The number of hydrogen-bond acceptors (Lipinski definition) is 4. The molecule has 1 atom stereocenters. The zero-order valence-corrected chi connectivity index (χ0v) is 13.5. The van der Waals surface area contributed by atoms with Crippen LogP contribution in [0.3, 0.4) is 0 Å². The third-order valence-electron chi connectivity index (χ3n) is 3.30. The predicted molar refractivity (Wildman–Crippen MR) is 81.5 cm³/mol. The van der Waals surface area contributed by atoms with Gasteiger partial charge in [-0.3, -0.25) is 0 Å². The molecule has 3 N–H and O–H groups in total. The molecule has 0 aromatic carbocycles. The summed E-state index contributed by atoms with van der Waals surface area (Å²) in [5.41, 5.74) is 0. The number of carbonyl (C=O) groups is 2. The molecule has 0 aliphatic carbocycles. The molecule has 1 unspecified atom stereocenters. The number of urea groups is 1. The third kappa shape index (κ3) is 10.1. The minimum Gasteiger partial charge on any atom is -0.480 e. The lowest BCUT2D eigenvalue weighted by molar-refractivity contribution is -0.139. The summed E-state index contributed by atoms with van der Waals surface area (Å²) >= 11 is 0. The average molecular weight is 303 g/mol. The van der Waals surface area contributed by atoms with Gasteiger partial charge in [0.25, 0.3) is 0 Å². The fourth-order valence-electron chi connectivity index (χ4n) is 1.69. The van der Waals surface area contributed by atoms with Gasteiger partial charge in [-0.25, -0.2) is 9.59 Å². The number of nitrogens with zero attached hydrogens (tertiary/aromatic N) is 1. The second kappa shape index (κ2) is 11.3. The van der Waals surface area contributed by atoms with Gasteiger partial charge >= 0.3 is 12.0 Å². The van der Waals surface area contributed by atoms with Gasteiger partial charge in [-0.15, -0.1) is 0 Å². The van der Waals surface area contributed by atoms with Crippen molar-refractivity contribution in [2.24, 2.45) is 0 Å². The largest absolute Gasteiger partial charge is 0.480 e. The Bertz CT molecular complexity index is 311. The molecule has 0 aliphatic rings. The smallest absolute Gasteiger partial charge is 0.326 e. The van der Waals surface area contributed by atoms with E-state index in [4.69, 9.17) is 9.84 Å². The monoisotopic (exact) mass is 303 g/mol. The number of hydrogen-bond donors (Lipinski definition) is 3. The van der Waals surface area contributed by atoms with Crippen LogP contribution in [-0.4, -0.2) is 67.9 Å². The maximum Gasteiger partial charge on any atom is 0.326 e. The maximum atomic E-state index is 11.6. The molecule has 0 aromatic heterocycles. The van der Waals surface area contributed by atoms with Crippen molar-refractivity contribution >= 4 is 12.0 Å². The molecule has 0 spiro atoms. The zero-order valence-electron chi connectivity index (χ0n) is 13.5. The SMILES string of the molecule is COCCCC(NC(=O)NCCCN(C)C(C)C)C(=O)O. The summed E-state index contributed by atoms with van der Waals surface area (Å²) in [4.78, 5) is 24.9. The van der Waals surface area contributed by atoms with E-state index < -0.39 is 18.0 Å². The van der Waals surface area contributed by atoms with Gasteiger partial charge in [0.15, 0.2) is 0 Å². The molecular formula is C14H29N3O4. The van der Waals surface area contributed by atoms with E-state index in [2.05, 4.69) is 29.4 Å². The van der Waals surface area contributed by atoms with Crippen molar-refractivity contribution in [2.75, 3.05) is 33.9 Å². The highest BCUT2D eigenvalue weighted by Crippen LogP contribution is 1.98. The number of carboxylic acids is 1. The van der Waals surface area contributed by atoms with E-state index in [1.165, 1.54) is 0 Å². The topological polar surface area (TPSA) is 90.9 Å². The van der Waals surface area contributed by atoms with Crippen LogP contribution >= 0.6 is 0 Å². The first kappa shape index (κ1) is 19.7. The third-order valence-corrected chi connectivity index (χ3v) is 3.30. The van der Waals surface area contributed by atoms with Gasteiger partial charge in [-0.1, -0.05) is 0 Å². The Labute approximate surface area is 127 Å². The van der Waals surface area contributed by atoms with Gasteiger partial charge in [-0.05, 0) is 46.7 Å². The van der Waals surface area contributed by atoms with Crippen LogP contribution in [0.2, 0.25) is 0 Å². The highest BCUT2D eigenvalue weighted by Gasteiger charge is 2.19. The number of amides is 2. The lowest BCUT2D eigenvalue weighted by atomic mass is 10.1.